The normalized spacial score (nSPS) is 16.0. The number of anilines is 1. The summed E-state index contributed by atoms with van der Waals surface area (Å²) in [5, 5.41) is 7.40. The number of halogens is 1. The van der Waals surface area contributed by atoms with Crippen LogP contribution in [-0.2, 0) is 16.5 Å². The summed E-state index contributed by atoms with van der Waals surface area (Å²) in [5.41, 5.74) is 3.89. The lowest BCUT2D eigenvalue weighted by atomic mass is 9.67. The van der Waals surface area contributed by atoms with Gasteiger partial charge in [0.25, 0.3) is 0 Å². The Labute approximate surface area is 203 Å². The van der Waals surface area contributed by atoms with Gasteiger partial charge in [0.2, 0.25) is 0 Å². The van der Waals surface area contributed by atoms with E-state index in [2.05, 4.69) is 41.0 Å². The van der Waals surface area contributed by atoms with Crippen molar-refractivity contribution in [2.45, 2.75) is 69.7 Å². The molecule has 0 aliphatic heterocycles. The van der Waals surface area contributed by atoms with Crippen molar-refractivity contribution >= 4 is 24.9 Å². The van der Waals surface area contributed by atoms with Crippen LogP contribution in [0.1, 0.15) is 68.9 Å². The fourth-order valence-electron chi connectivity index (χ4n) is 4.97. The highest BCUT2D eigenvalue weighted by atomic mass is 35.5. The molecule has 0 saturated heterocycles. The molecule has 2 aromatic carbocycles. The van der Waals surface area contributed by atoms with E-state index in [4.69, 9.17) is 21.4 Å². The van der Waals surface area contributed by atoms with Gasteiger partial charge in [-0.3, -0.25) is 4.57 Å². The van der Waals surface area contributed by atoms with Crippen molar-refractivity contribution in [3.05, 3.63) is 64.7 Å². The minimum absolute atomic E-state index is 0.0872. The highest BCUT2D eigenvalue weighted by Crippen LogP contribution is 2.43. The van der Waals surface area contributed by atoms with Crippen LogP contribution in [0.5, 0.6) is 0 Å². The first-order valence-corrected chi connectivity index (χ1v) is 14.4. The first-order valence-electron chi connectivity index (χ1n) is 12.2. The Bertz CT molecular complexity index is 898. The second-order valence-electron chi connectivity index (χ2n) is 9.32. The van der Waals surface area contributed by atoms with Gasteiger partial charge in [0, 0.05) is 13.1 Å². The molecule has 1 aliphatic rings. The summed E-state index contributed by atoms with van der Waals surface area (Å²) in [6, 6.07) is 17.1. The van der Waals surface area contributed by atoms with Crippen molar-refractivity contribution in [3.8, 4) is 0 Å². The highest BCUT2D eigenvalue weighted by molar-refractivity contribution is 7.51. The summed E-state index contributed by atoms with van der Waals surface area (Å²) < 4.78 is 10.9. The fraction of sp³-hybridized carbons (Fsp3) is 0.538. The summed E-state index contributed by atoms with van der Waals surface area (Å²) >= 11 is 6.47. The highest BCUT2D eigenvalue weighted by Gasteiger charge is 2.32. The molecule has 3 rings (SSSR count). The molecule has 1 saturated carbocycles. The van der Waals surface area contributed by atoms with E-state index in [1.54, 1.807) is 0 Å². The Kier molecular flexibility index (Phi) is 10.3. The largest absolute Gasteiger partial charge is 0.384 e. The SMILES string of the molecule is O=P(O)(O)CCCNCc1ccc(NCCCCC2(c3ccccc3)CCCCC2)c(Cl)c1. The molecule has 0 atom stereocenters. The standard InChI is InChI=1S/C26H38ClN2O3P/c27-24-20-22(21-28-17-9-19-33(30,31)32)12-13-25(24)29-18-8-7-16-26(14-5-2-6-15-26)23-10-3-1-4-11-23/h1,3-4,10-13,20,28-29H,2,5-9,14-19,21H2,(H2,30,31,32). The predicted molar refractivity (Wildman–Crippen MR) is 138 cm³/mol. The van der Waals surface area contributed by atoms with Crippen molar-refractivity contribution in [1.29, 1.82) is 0 Å². The van der Waals surface area contributed by atoms with Gasteiger partial charge in [0.15, 0.2) is 0 Å². The number of hydrogen-bond donors (Lipinski definition) is 4. The summed E-state index contributed by atoms with van der Waals surface area (Å²) in [6.45, 7) is 2.10. The zero-order valence-electron chi connectivity index (χ0n) is 19.4. The monoisotopic (exact) mass is 492 g/mol. The predicted octanol–water partition coefficient (Wildman–Crippen LogP) is 6.48. The minimum atomic E-state index is -3.91. The first-order chi connectivity index (χ1) is 15.9. The van der Waals surface area contributed by atoms with Gasteiger partial charge < -0.3 is 20.4 Å². The summed E-state index contributed by atoms with van der Waals surface area (Å²) in [7, 11) is -3.91. The van der Waals surface area contributed by atoms with E-state index in [0.717, 1.165) is 24.2 Å². The molecule has 1 fully saturated rings. The number of hydrogen-bond acceptors (Lipinski definition) is 3. The minimum Gasteiger partial charge on any atom is -0.384 e. The summed E-state index contributed by atoms with van der Waals surface area (Å²) in [5.74, 6) is 0. The Balaban J connectivity index is 1.40. The smallest absolute Gasteiger partial charge is 0.325 e. The van der Waals surface area contributed by atoms with Crippen molar-refractivity contribution in [3.63, 3.8) is 0 Å². The Morgan fingerprint density at radius 2 is 1.70 bits per heavy atom. The molecule has 33 heavy (non-hydrogen) atoms. The van der Waals surface area contributed by atoms with Gasteiger partial charge >= 0.3 is 7.60 Å². The molecular formula is C26H38ClN2O3P. The van der Waals surface area contributed by atoms with Gasteiger partial charge in [-0.05, 0) is 67.3 Å². The number of unbranched alkanes of at least 4 members (excludes halogenated alkanes) is 1. The fourth-order valence-corrected chi connectivity index (χ4v) is 5.81. The maximum absolute atomic E-state index is 10.9. The third kappa shape index (κ3) is 8.73. The summed E-state index contributed by atoms with van der Waals surface area (Å²) in [4.78, 5) is 17.8. The third-order valence-corrected chi connectivity index (χ3v) is 7.97. The average molecular weight is 493 g/mol. The molecular weight excluding hydrogens is 455 g/mol. The maximum Gasteiger partial charge on any atom is 0.325 e. The van der Waals surface area contributed by atoms with E-state index in [1.165, 1.54) is 50.5 Å². The Morgan fingerprint density at radius 1 is 0.939 bits per heavy atom. The summed E-state index contributed by atoms with van der Waals surface area (Å²) in [6.07, 6.45) is 10.6. The van der Waals surface area contributed by atoms with Crippen LogP contribution >= 0.6 is 19.2 Å². The van der Waals surface area contributed by atoms with Crippen LogP contribution in [0.25, 0.3) is 0 Å². The number of rotatable bonds is 13. The second-order valence-corrected chi connectivity index (χ2v) is 11.5. The van der Waals surface area contributed by atoms with E-state index in [9.17, 15) is 4.57 Å². The van der Waals surface area contributed by atoms with Crippen molar-refractivity contribution < 1.29 is 14.4 Å². The van der Waals surface area contributed by atoms with Gasteiger partial charge in [0.1, 0.15) is 0 Å². The Hall–Kier alpha value is -1.36. The lowest BCUT2D eigenvalue weighted by molar-refractivity contribution is 0.267. The van der Waals surface area contributed by atoms with E-state index < -0.39 is 7.60 Å². The number of nitrogens with one attached hydrogen (secondary N) is 2. The zero-order chi connectivity index (χ0) is 23.6. The van der Waals surface area contributed by atoms with E-state index >= 15 is 0 Å². The van der Waals surface area contributed by atoms with Crippen LogP contribution in [0.4, 0.5) is 5.69 Å². The van der Waals surface area contributed by atoms with Crippen LogP contribution < -0.4 is 10.6 Å². The average Bonchev–Trinajstić information content (AvgIpc) is 2.80. The van der Waals surface area contributed by atoms with Gasteiger partial charge in [-0.15, -0.1) is 0 Å². The molecule has 0 aromatic heterocycles. The van der Waals surface area contributed by atoms with Crippen molar-refractivity contribution in [2.75, 3.05) is 24.6 Å². The molecule has 5 nitrogen and oxygen atoms in total. The molecule has 7 heteroatoms. The molecule has 0 unspecified atom stereocenters. The van der Waals surface area contributed by atoms with Crippen molar-refractivity contribution in [2.24, 2.45) is 0 Å². The van der Waals surface area contributed by atoms with Crippen LogP contribution in [0.15, 0.2) is 48.5 Å². The van der Waals surface area contributed by atoms with E-state index in [1.807, 2.05) is 18.2 Å². The molecule has 182 valence electrons. The lowest BCUT2D eigenvalue weighted by Gasteiger charge is -2.38. The van der Waals surface area contributed by atoms with E-state index in [-0.39, 0.29) is 6.16 Å². The van der Waals surface area contributed by atoms with Gasteiger partial charge in [-0.1, -0.05) is 73.7 Å². The molecule has 1 aliphatic carbocycles. The molecule has 4 N–H and O–H groups in total. The third-order valence-electron chi connectivity index (χ3n) is 6.76. The molecule has 0 bridgehead atoms. The van der Waals surface area contributed by atoms with Gasteiger partial charge in [0.05, 0.1) is 16.9 Å². The molecule has 0 amide bonds. The van der Waals surface area contributed by atoms with Crippen LogP contribution in [0.2, 0.25) is 5.02 Å². The number of benzene rings is 2. The lowest BCUT2D eigenvalue weighted by Crippen LogP contribution is -2.29. The molecule has 2 aromatic rings. The quantitative estimate of drug-likeness (QED) is 0.190. The van der Waals surface area contributed by atoms with E-state index in [0.29, 0.717) is 29.9 Å². The van der Waals surface area contributed by atoms with Crippen molar-refractivity contribution in [1.82, 2.24) is 5.32 Å². The van der Waals surface area contributed by atoms with Crippen LogP contribution in [0, 0.1) is 0 Å². The first kappa shape index (κ1) is 26.2. The van der Waals surface area contributed by atoms with Gasteiger partial charge in [-0.25, -0.2) is 0 Å². The molecule has 0 spiro atoms. The second kappa shape index (κ2) is 12.9. The molecule has 0 heterocycles. The Morgan fingerprint density at radius 3 is 2.39 bits per heavy atom. The maximum atomic E-state index is 10.9. The van der Waals surface area contributed by atoms with Crippen LogP contribution in [-0.4, -0.2) is 29.0 Å². The zero-order valence-corrected chi connectivity index (χ0v) is 21.1. The van der Waals surface area contributed by atoms with Gasteiger partial charge in [-0.2, -0.15) is 0 Å². The topological polar surface area (TPSA) is 81.6 Å². The molecule has 0 radical (unpaired) electrons. The van der Waals surface area contributed by atoms with Crippen LogP contribution in [0.3, 0.4) is 0 Å².